The predicted molar refractivity (Wildman–Crippen MR) is 90.6 cm³/mol. The third-order valence-corrected chi connectivity index (χ3v) is 5.43. The van der Waals surface area contributed by atoms with Gasteiger partial charge in [-0.15, -0.1) is 0 Å². The maximum atomic E-state index is 12.5. The Kier molecular flexibility index (Phi) is 5.29. The van der Waals surface area contributed by atoms with Gasteiger partial charge in [0.2, 0.25) is 10.0 Å². The zero-order valence-electron chi connectivity index (χ0n) is 14.0. The summed E-state index contributed by atoms with van der Waals surface area (Å²) in [5.41, 5.74) is 0.460. The molecule has 0 fully saturated rings. The molecule has 1 aromatic carbocycles. The van der Waals surface area contributed by atoms with Crippen molar-refractivity contribution in [2.24, 2.45) is 7.05 Å². The van der Waals surface area contributed by atoms with Crippen molar-refractivity contribution in [3.05, 3.63) is 53.9 Å². The topological polar surface area (TPSA) is 109 Å². The number of hydrogen-bond acceptors (Lipinski definition) is 4. The van der Waals surface area contributed by atoms with Gasteiger partial charge in [0, 0.05) is 27.3 Å². The van der Waals surface area contributed by atoms with Gasteiger partial charge in [-0.05, 0) is 11.6 Å². The van der Waals surface area contributed by atoms with E-state index < -0.39 is 27.9 Å². The van der Waals surface area contributed by atoms with Crippen molar-refractivity contribution < 1.29 is 23.1 Å². The summed E-state index contributed by atoms with van der Waals surface area (Å²) in [4.78, 5) is 23.9. The van der Waals surface area contributed by atoms with Crippen LogP contribution in [0.5, 0.6) is 0 Å². The van der Waals surface area contributed by atoms with Gasteiger partial charge in [0.1, 0.15) is 10.6 Å². The van der Waals surface area contributed by atoms with Gasteiger partial charge in [0.25, 0.3) is 5.91 Å². The number of amides is 1. The van der Waals surface area contributed by atoms with Gasteiger partial charge in [-0.3, -0.25) is 4.79 Å². The first kappa shape index (κ1) is 18.7. The van der Waals surface area contributed by atoms with E-state index in [-0.39, 0.29) is 10.6 Å². The van der Waals surface area contributed by atoms with Gasteiger partial charge in [0.05, 0.1) is 0 Å². The van der Waals surface area contributed by atoms with Crippen molar-refractivity contribution in [2.75, 3.05) is 14.1 Å². The lowest BCUT2D eigenvalue weighted by atomic mass is 10.1. The Morgan fingerprint density at radius 1 is 1.20 bits per heavy atom. The van der Waals surface area contributed by atoms with Crippen LogP contribution in [0.4, 0.5) is 0 Å². The fourth-order valence-electron chi connectivity index (χ4n) is 2.25. The number of carbonyl (C=O) groups is 2. The van der Waals surface area contributed by atoms with Gasteiger partial charge in [0.15, 0.2) is 6.04 Å². The number of hydrogen-bond donors (Lipinski definition) is 2. The highest BCUT2D eigenvalue weighted by Crippen LogP contribution is 2.18. The Morgan fingerprint density at radius 3 is 2.32 bits per heavy atom. The van der Waals surface area contributed by atoms with Gasteiger partial charge < -0.3 is 15.0 Å². The summed E-state index contributed by atoms with van der Waals surface area (Å²) in [6, 6.07) is 8.23. The molecule has 0 radical (unpaired) electrons. The van der Waals surface area contributed by atoms with Crippen LogP contribution in [-0.2, 0) is 21.9 Å². The van der Waals surface area contributed by atoms with E-state index in [0.717, 1.165) is 4.31 Å². The van der Waals surface area contributed by atoms with Crippen LogP contribution in [0.2, 0.25) is 0 Å². The quantitative estimate of drug-likeness (QED) is 0.788. The van der Waals surface area contributed by atoms with Gasteiger partial charge >= 0.3 is 5.97 Å². The molecule has 0 spiro atoms. The number of sulfonamides is 1. The Hall–Kier alpha value is -2.65. The highest BCUT2D eigenvalue weighted by molar-refractivity contribution is 7.89. The Labute approximate surface area is 145 Å². The lowest BCUT2D eigenvalue weighted by Crippen LogP contribution is -2.34. The van der Waals surface area contributed by atoms with E-state index in [2.05, 4.69) is 5.32 Å². The van der Waals surface area contributed by atoms with Crippen LogP contribution in [0.25, 0.3) is 0 Å². The molecule has 0 aliphatic carbocycles. The molecule has 0 aliphatic rings. The fraction of sp³-hybridized carbons (Fsp3) is 0.250. The molecule has 1 aromatic heterocycles. The van der Waals surface area contributed by atoms with E-state index in [1.165, 1.54) is 38.0 Å². The number of carbonyl (C=O) groups excluding carboxylic acids is 1. The zero-order valence-corrected chi connectivity index (χ0v) is 14.8. The lowest BCUT2D eigenvalue weighted by Gasteiger charge is -2.15. The summed E-state index contributed by atoms with van der Waals surface area (Å²) < 4.78 is 26.7. The average Bonchev–Trinajstić information content (AvgIpc) is 2.95. The number of aryl methyl sites for hydroxylation is 1. The first-order valence-electron chi connectivity index (χ1n) is 7.32. The van der Waals surface area contributed by atoms with Crippen molar-refractivity contribution in [1.29, 1.82) is 0 Å². The largest absolute Gasteiger partial charge is 0.479 e. The Morgan fingerprint density at radius 2 is 1.80 bits per heavy atom. The molecule has 25 heavy (non-hydrogen) atoms. The van der Waals surface area contributed by atoms with Crippen molar-refractivity contribution in [1.82, 2.24) is 14.2 Å². The molecule has 1 atom stereocenters. The standard InChI is InChI=1S/C16H19N3O5S/c1-18(2)25(23,24)12-9-13(19(3)10-12)15(20)17-14(16(21)22)11-7-5-4-6-8-11/h4-10,14H,1-3H3,(H,17,20)(H,21,22). The minimum absolute atomic E-state index is 0.0441. The highest BCUT2D eigenvalue weighted by Gasteiger charge is 2.26. The van der Waals surface area contributed by atoms with Crippen LogP contribution in [-0.4, -0.2) is 48.4 Å². The SMILES string of the molecule is CN(C)S(=O)(=O)c1cc(C(=O)NC(C(=O)O)c2ccccc2)n(C)c1. The van der Waals surface area contributed by atoms with Crippen LogP contribution in [0.15, 0.2) is 47.5 Å². The molecule has 2 aromatic rings. The second kappa shape index (κ2) is 7.08. The third kappa shape index (κ3) is 3.89. The van der Waals surface area contributed by atoms with Gasteiger partial charge in [-0.25, -0.2) is 17.5 Å². The number of carboxylic acids is 1. The number of nitrogens with zero attached hydrogens (tertiary/aromatic N) is 2. The highest BCUT2D eigenvalue weighted by atomic mass is 32.2. The summed E-state index contributed by atoms with van der Waals surface area (Å²) in [5.74, 6) is -1.89. The second-order valence-electron chi connectivity index (χ2n) is 5.61. The van der Waals surface area contributed by atoms with Crippen molar-refractivity contribution in [3.8, 4) is 0 Å². The van der Waals surface area contributed by atoms with Crippen LogP contribution in [0.3, 0.4) is 0 Å². The molecular weight excluding hydrogens is 346 g/mol. The number of nitrogens with one attached hydrogen (secondary N) is 1. The van der Waals surface area contributed by atoms with Crippen molar-refractivity contribution in [2.45, 2.75) is 10.9 Å². The summed E-state index contributed by atoms with van der Waals surface area (Å²) in [6.07, 6.45) is 1.31. The molecule has 9 heteroatoms. The Balaban J connectivity index is 2.32. The third-order valence-electron chi connectivity index (χ3n) is 3.65. The molecule has 2 rings (SSSR count). The normalized spacial score (nSPS) is 12.8. The van der Waals surface area contributed by atoms with Crippen LogP contribution in [0, 0.1) is 0 Å². The molecule has 1 amide bonds. The summed E-state index contributed by atoms with van der Waals surface area (Å²) >= 11 is 0. The number of rotatable bonds is 6. The molecule has 134 valence electrons. The summed E-state index contributed by atoms with van der Waals surface area (Å²) in [5, 5.41) is 11.8. The molecule has 0 bridgehead atoms. The summed E-state index contributed by atoms with van der Waals surface area (Å²) in [7, 11) is 0.597. The Bertz CT molecular complexity index is 888. The van der Waals surface area contributed by atoms with Crippen molar-refractivity contribution >= 4 is 21.9 Å². The number of carboxylic acid groups (broad SMARTS) is 1. The van der Waals surface area contributed by atoms with Crippen molar-refractivity contribution in [3.63, 3.8) is 0 Å². The molecule has 0 saturated heterocycles. The van der Waals surface area contributed by atoms with Crippen LogP contribution in [0.1, 0.15) is 22.1 Å². The van der Waals surface area contributed by atoms with E-state index in [9.17, 15) is 23.1 Å². The first-order valence-corrected chi connectivity index (χ1v) is 8.76. The average molecular weight is 365 g/mol. The molecule has 1 heterocycles. The monoisotopic (exact) mass is 365 g/mol. The minimum atomic E-state index is -3.69. The lowest BCUT2D eigenvalue weighted by molar-refractivity contribution is -0.139. The predicted octanol–water partition coefficient (Wildman–Crippen LogP) is 0.831. The zero-order chi connectivity index (χ0) is 18.8. The molecule has 0 saturated carbocycles. The molecule has 1 unspecified atom stereocenters. The molecule has 0 aliphatic heterocycles. The van der Waals surface area contributed by atoms with E-state index in [1.54, 1.807) is 30.3 Å². The van der Waals surface area contributed by atoms with Gasteiger partial charge in [-0.2, -0.15) is 0 Å². The first-order chi connectivity index (χ1) is 11.6. The van der Waals surface area contributed by atoms with Crippen LogP contribution < -0.4 is 5.32 Å². The summed E-state index contributed by atoms with van der Waals surface area (Å²) in [6.45, 7) is 0. The molecule has 2 N–H and O–H groups in total. The van der Waals surface area contributed by atoms with Crippen LogP contribution >= 0.6 is 0 Å². The molecular formula is C16H19N3O5S. The maximum Gasteiger partial charge on any atom is 0.330 e. The van der Waals surface area contributed by atoms with E-state index in [1.807, 2.05) is 0 Å². The van der Waals surface area contributed by atoms with Gasteiger partial charge in [-0.1, -0.05) is 30.3 Å². The van der Waals surface area contributed by atoms with E-state index in [4.69, 9.17) is 0 Å². The fourth-order valence-corrected chi connectivity index (χ4v) is 3.22. The smallest absolute Gasteiger partial charge is 0.330 e. The number of aliphatic carboxylic acids is 1. The number of aromatic nitrogens is 1. The second-order valence-corrected chi connectivity index (χ2v) is 7.77. The van der Waals surface area contributed by atoms with E-state index in [0.29, 0.717) is 5.56 Å². The maximum absolute atomic E-state index is 12.5. The van der Waals surface area contributed by atoms with E-state index >= 15 is 0 Å². The minimum Gasteiger partial charge on any atom is -0.479 e. The molecule has 8 nitrogen and oxygen atoms in total. The number of benzene rings is 1.